The van der Waals surface area contributed by atoms with E-state index in [1.807, 2.05) is 6.07 Å². The molecule has 204 valence electrons. The Bertz CT molecular complexity index is 1630. The van der Waals surface area contributed by atoms with Crippen LogP contribution < -0.4 is 10.3 Å². The first-order valence-corrected chi connectivity index (χ1v) is 13.7. The van der Waals surface area contributed by atoms with Gasteiger partial charge in [-0.15, -0.1) is 5.06 Å². The number of rotatable bonds is 3. The molecule has 0 aromatic heterocycles. The number of carbonyl (C=O) groups is 3. The van der Waals surface area contributed by atoms with Crippen molar-refractivity contribution in [2.45, 2.75) is 58.3 Å². The normalized spacial score (nSPS) is 20.5. The Hall–Kier alpha value is -4.46. The van der Waals surface area contributed by atoms with Crippen molar-refractivity contribution < 1.29 is 23.6 Å². The quantitative estimate of drug-likeness (QED) is 0.386. The highest BCUT2D eigenvalue weighted by molar-refractivity contribution is 6.01. The molecule has 3 heterocycles. The fourth-order valence-electron chi connectivity index (χ4n) is 5.95. The number of amides is 3. The smallest absolute Gasteiger partial charge is 0.456 e. The fourth-order valence-corrected chi connectivity index (χ4v) is 5.95. The summed E-state index contributed by atoms with van der Waals surface area (Å²) in [5.41, 5.74) is 6.91. The molecule has 0 bridgehead atoms. The molecule has 3 amide bonds. The number of hydroxylamine groups is 2. The SMILES string of the molecule is CCN1/C(=C/C=C2\CCCc3cc4cc/c(=N\C(=O)ON5C(=O)CCC5=O)cc-4oc32)C(C)(C)c2ccccc21. The van der Waals surface area contributed by atoms with Crippen LogP contribution in [0.5, 0.6) is 0 Å². The Morgan fingerprint density at radius 2 is 1.80 bits per heavy atom. The Morgan fingerprint density at radius 3 is 2.58 bits per heavy atom. The Kier molecular flexibility index (Phi) is 6.41. The molecule has 8 heteroatoms. The molecule has 0 saturated carbocycles. The van der Waals surface area contributed by atoms with Crippen LogP contribution >= 0.6 is 0 Å². The number of allylic oxidation sites excluding steroid dienone is 4. The number of aryl methyl sites for hydroxylation is 1. The number of anilines is 1. The number of likely N-dealkylation sites (N-methyl/N-ethyl adjacent to an activating group) is 1. The molecule has 5 aliphatic rings. The molecule has 1 fully saturated rings. The van der Waals surface area contributed by atoms with E-state index in [9.17, 15) is 14.4 Å². The number of hydrogen-bond acceptors (Lipinski definition) is 6. The maximum absolute atomic E-state index is 12.3. The lowest BCUT2D eigenvalue weighted by molar-refractivity contribution is -0.170. The van der Waals surface area contributed by atoms with Crippen molar-refractivity contribution in [2.75, 3.05) is 11.4 Å². The van der Waals surface area contributed by atoms with Gasteiger partial charge in [0.1, 0.15) is 11.5 Å². The number of hydrogen-bond donors (Lipinski definition) is 0. The van der Waals surface area contributed by atoms with Crippen LogP contribution in [0.3, 0.4) is 0 Å². The van der Waals surface area contributed by atoms with Crippen LogP contribution in [-0.2, 0) is 26.3 Å². The zero-order valence-corrected chi connectivity index (χ0v) is 22.9. The Morgan fingerprint density at radius 1 is 1.02 bits per heavy atom. The summed E-state index contributed by atoms with van der Waals surface area (Å²) in [6.07, 6.45) is 6.31. The minimum Gasteiger partial charge on any atom is -0.456 e. The fraction of sp³-hybridized carbons (Fsp3) is 0.312. The zero-order chi connectivity index (χ0) is 28.0. The highest BCUT2D eigenvalue weighted by Crippen LogP contribution is 2.47. The molecule has 1 saturated heterocycles. The van der Waals surface area contributed by atoms with Crippen LogP contribution in [0.15, 0.2) is 75.8 Å². The van der Waals surface area contributed by atoms with E-state index < -0.39 is 17.9 Å². The van der Waals surface area contributed by atoms with Crippen molar-refractivity contribution in [3.8, 4) is 11.3 Å². The molecule has 0 radical (unpaired) electrons. The number of imide groups is 1. The highest BCUT2D eigenvalue weighted by atomic mass is 16.7. The molecule has 1 aromatic rings. The van der Waals surface area contributed by atoms with Crippen LogP contribution in [0.4, 0.5) is 10.5 Å². The maximum atomic E-state index is 12.3. The van der Waals surface area contributed by atoms with Gasteiger partial charge in [-0.05, 0) is 73.2 Å². The first-order chi connectivity index (χ1) is 19.3. The molecule has 2 aliphatic carbocycles. The van der Waals surface area contributed by atoms with Gasteiger partial charge in [-0.2, -0.15) is 4.99 Å². The van der Waals surface area contributed by atoms with Gasteiger partial charge in [0.2, 0.25) is 0 Å². The molecule has 6 rings (SSSR count). The lowest BCUT2D eigenvalue weighted by Crippen LogP contribution is -2.31. The van der Waals surface area contributed by atoms with Gasteiger partial charge in [-0.1, -0.05) is 38.1 Å². The average molecular weight is 538 g/mol. The molecule has 0 spiro atoms. The highest BCUT2D eigenvalue weighted by Gasteiger charge is 2.39. The molecular formula is C32H31N3O5. The van der Waals surface area contributed by atoms with Gasteiger partial charge in [0.05, 0.1) is 5.36 Å². The van der Waals surface area contributed by atoms with Crippen LogP contribution in [0.1, 0.15) is 63.3 Å². The van der Waals surface area contributed by atoms with E-state index in [0.29, 0.717) is 16.2 Å². The van der Waals surface area contributed by atoms with Crippen LogP contribution in [0.25, 0.3) is 16.9 Å². The van der Waals surface area contributed by atoms with Gasteiger partial charge >= 0.3 is 6.09 Å². The van der Waals surface area contributed by atoms with Crippen molar-refractivity contribution in [1.82, 2.24) is 5.06 Å². The monoisotopic (exact) mass is 537 g/mol. The summed E-state index contributed by atoms with van der Waals surface area (Å²) < 4.78 is 6.43. The van der Waals surface area contributed by atoms with E-state index in [4.69, 9.17) is 9.25 Å². The van der Waals surface area contributed by atoms with Gasteiger partial charge in [-0.25, -0.2) is 4.79 Å². The zero-order valence-electron chi connectivity index (χ0n) is 22.9. The Balaban J connectivity index is 1.34. The van der Waals surface area contributed by atoms with E-state index in [1.54, 1.807) is 12.1 Å². The number of benzene rings is 2. The van der Waals surface area contributed by atoms with Crippen LogP contribution in [0.2, 0.25) is 0 Å². The third-order valence-corrected chi connectivity index (χ3v) is 7.97. The number of nitrogens with zero attached hydrogens (tertiary/aromatic N) is 3. The number of para-hydroxylation sites is 1. The summed E-state index contributed by atoms with van der Waals surface area (Å²) in [5, 5.41) is 0.802. The standard InChI is InChI=1S/C32H31N3O5/c1-4-34-25-11-6-5-10-24(25)32(2,3)27(34)15-13-20-8-7-9-22-18-21-12-14-23(19-26(21)39-30(20)22)33-31(38)40-35-28(36)16-17-29(35)37/h5-6,10-15,18-19H,4,7-9,16-17H2,1-3H3/b20-13+,27-15+,33-23+. The van der Waals surface area contributed by atoms with Crippen molar-refractivity contribution >= 4 is 29.2 Å². The van der Waals surface area contributed by atoms with Gasteiger partial charge in [0.25, 0.3) is 11.8 Å². The molecule has 0 atom stereocenters. The van der Waals surface area contributed by atoms with Crippen LogP contribution in [0, 0.1) is 0 Å². The summed E-state index contributed by atoms with van der Waals surface area (Å²) in [6, 6.07) is 15.9. The average Bonchev–Trinajstić information content (AvgIpc) is 3.37. The van der Waals surface area contributed by atoms with Gasteiger partial charge in [0, 0.05) is 47.8 Å². The minimum absolute atomic E-state index is 0.0273. The van der Waals surface area contributed by atoms with Crippen molar-refractivity contribution in [2.24, 2.45) is 4.99 Å². The van der Waals surface area contributed by atoms with Gasteiger partial charge in [-0.3, -0.25) is 9.59 Å². The van der Waals surface area contributed by atoms with Crippen molar-refractivity contribution in [3.05, 3.63) is 88.6 Å². The second-order valence-electron chi connectivity index (χ2n) is 10.9. The molecular weight excluding hydrogens is 506 g/mol. The topological polar surface area (TPSA) is 92.4 Å². The largest absolute Gasteiger partial charge is 0.459 e. The predicted octanol–water partition coefficient (Wildman–Crippen LogP) is 5.91. The predicted molar refractivity (Wildman–Crippen MR) is 150 cm³/mol. The molecule has 40 heavy (non-hydrogen) atoms. The third kappa shape index (κ3) is 4.43. The van der Waals surface area contributed by atoms with E-state index >= 15 is 0 Å². The molecule has 0 unspecified atom stereocenters. The summed E-state index contributed by atoms with van der Waals surface area (Å²) in [7, 11) is 0. The lowest BCUT2D eigenvalue weighted by atomic mass is 9.83. The summed E-state index contributed by atoms with van der Waals surface area (Å²) in [4.78, 5) is 46.9. The molecule has 3 aliphatic heterocycles. The first kappa shape index (κ1) is 25.8. The van der Waals surface area contributed by atoms with Crippen molar-refractivity contribution in [1.29, 1.82) is 0 Å². The van der Waals surface area contributed by atoms with Gasteiger partial charge in [0.15, 0.2) is 0 Å². The van der Waals surface area contributed by atoms with E-state index in [0.717, 1.165) is 48.3 Å². The second-order valence-corrected chi connectivity index (χ2v) is 10.9. The minimum atomic E-state index is -1.03. The van der Waals surface area contributed by atoms with Crippen molar-refractivity contribution in [3.63, 3.8) is 0 Å². The van der Waals surface area contributed by atoms with E-state index in [-0.39, 0.29) is 18.3 Å². The van der Waals surface area contributed by atoms with Gasteiger partial charge < -0.3 is 14.2 Å². The first-order valence-electron chi connectivity index (χ1n) is 13.7. The third-order valence-electron chi connectivity index (χ3n) is 7.97. The molecule has 8 nitrogen and oxygen atoms in total. The Labute approximate surface area is 232 Å². The summed E-state index contributed by atoms with van der Waals surface area (Å²) >= 11 is 0. The van der Waals surface area contributed by atoms with E-state index in [1.165, 1.54) is 16.9 Å². The number of fused-ring (bicyclic) bond motifs is 3. The second kappa shape index (κ2) is 9.93. The molecule has 1 aromatic carbocycles. The molecule has 0 N–H and O–H groups in total. The maximum Gasteiger partial charge on any atom is 0.459 e. The van der Waals surface area contributed by atoms with E-state index in [2.05, 4.69) is 73.1 Å². The summed E-state index contributed by atoms with van der Waals surface area (Å²) in [6.45, 7) is 7.60. The van der Waals surface area contributed by atoms with Crippen LogP contribution in [-0.4, -0.2) is 29.5 Å². The number of carbonyl (C=O) groups excluding carboxylic acids is 3. The lowest BCUT2D eigenvalue weighted by Gasteiger charge is -2.26. The summed E-state index contributed by atoms with van der Waals surface area (Å²) in [5.74, 6) is 0.343.